The fraction of sp³-hybridized carbons (Fsp3) is 0.500. The van der Waals surface area contributed by atoms with Crippen LogP contribution in [0.5, 0.6) is 0 Å². The molecule has 254 valence electrons. The molecule has 1 rings (SSSR count). The summed E-state index contributed by atoms with van der Waals surface area (Å²) in [5.41, 5.74) is 22.0. The highest BCUT2D eigenvalue weighted by atomic mass is 16.4. The van der Waals surface area contributed by atoms with Crippen molar-refractivity contribution in [1.82, 2.24) is 21.3 Å². The van der Waals surface area contributed by atoms with Gasteiger partial charge >= 0.3 is 11.9 Å². The van der Waals surface area contributed by atoms with Gasteiger partial charge in [0.05, 0.1) is 18.9 Å². The van der Waals surface area contributed by atoms with E-state index in [2.05, 4.69) is 26.3 Å². The third kappa shape index (κ3) is 14.5. The third-order valence-corrected chi connectivity index (χ3v) is 6.49. The van der Waals surface area contributed by atoms with Crippen molar-refractivity contribution in [3.05, 3.63) is 35.9 Å². The van der Waals surface area contributed by atoms with Gasteiger partial charge in [0.1, 0.15) is 24.2 Å². The summed E-state index contributed by atoms with van der Waals surface area (Å²) in [7, 11) is 0. The lowest BCUT2D eigenvalue weighted by atomic mass is 9.99. The number of primary amides is 1. The molecular formula is C28H43N9O9. The van der Waals surface area contributed by atoms with Crippen LogP contribution in [-0.2, 0) is 40.0 Å². The van der Waals surface area contributed by atoms with Gasteiger partial charge in [0, 0.05) is 13.0 Å². The minimum absolute atomic E-state index is 0.0178. The van der Waals surface area contributed by atoms with Crippen LogP contribution in [0.1, 0.15) is 45.1 Å². The molecule has 18 heteroatoms. The first-order valence-corrected chi connectivity index (χ1v) is 14.3. The Morgan fingerprint density at radius 2 is 1.33 bits per heavy atom. The SMILES string of the molecule is CC(C)[C@H](NC(=O)[C@H](CCCN=C(N)N)NC(=O)[C@@H](N)CC(=O)O)C(=O)N[C@@H](Cc1ccccc1)C(=O)N[C@@H](CC(N)=O)C(=O)O. The van der Waals surface area contributed by atoms with Crippen LogP contribution in [0.4, 0.5) is 0 Å². The van der Waals surface area contributed by atoms with Crippen LogP contribution in [0.3, 0.4) is 0 Å². The molecule has 0 bridgehead atoms. The van der Waals surface area contributed by atoms with E-state index in [9.17, 15) is 38.7 Å². The maximum atomic E-state index is 13.5. The second-order valence-corrected chi connectivity index (χ2v) is 10.8. The molecule has 46 heavy (non-hydrogen) atoms. The van der Waals surface area contributed by atoms with Gasteiger partial charge in [0.15, 0.2) is 5.96 Å². The average Bonchev–Trinajstić information content (AvgIpc) is 2.95. The number of nitrogens with zero attached hydrogens (tertiary/aromatic N) is 1. The van der Waals surface area contributed by atoms with Crippen molar-refractivity contribution in [2.75, 3.05) is 6.54 Å². The lowest BCUT2D eigenvalue weighted by Gasteiger charge is -2.28. The van der Waals surface area contributed by atoms with Crippen LogP contribution in [-0.4, -0.2) is 94.4 Å². The van der Waals surface area contributed by atoms with E-state index in [-0.39, 0.29) is 31.8 Å². The Kier molecular flexibility index (Phi) is 16.2. The molecule has 0 unspecified atom stereocenters. The molecule has 0 radical (unpaired) electrons. The summed E-state index contributed by atoms with van der Waals surface area (Å²) in [6.45, 7) is 3.32. The average molecular weight is 650 g/mol. The van der Waals surface area contributed by atoms with Crippen molar-refractivity contribution < 1.29 is 43.8 Å². The largest absolute Gasteiger partial charge is 0.481 e. The van der Waals surface area contributed by atoms with Gasteiger partial charge in [0.25, 0.3) is 0 Å². The van der Waals surface area contributed by atoms with E-state index >= 15 is 0 Å². The van der Waals surface area contributed by atoms with E-state index in [0.29, 0.717) is 5.56 Å². The number of guanidine groups is 1. The highest BCUT2D eigenvalue weighted by Gasteiger charge is 2.33. The van der Waals surface area contributed by atoms with Crippen molar-refractivity contribution in [1.29, 1.82) is 0 Å². The summed E-state index contributed by atoms with van der Waals surface area (Å²) in [5.74, 6) is -8.02. The van der Waals surface area contributed by atoms with Crippen molar-refractivity contribution in [2.24, 2.45) is 33.8 Å². The number of aliphatic imine (C=N–C) groups is 1. The summed E-state index contributed by atoms with van der Waals surface area (Å²) >= 11 is 0. The molecule has 0 aliphatic carbocycles. The Morgan fingerprint density at radius 3 is 1.85 bits per heavy atom. The molecule has 1 aromatic carbocycles. The lowest BCUT2D eigenvalue weighted by molar-refractivity contribution is -0.143. The predicted octanol–water partition coefficient (Wildman–Crippen LogP) is -3.36. The molecule has 0 aliphatic rings. The van der Waals surface area contributed by atoms with Crippen LogP contribution >= 0.6 is 0 Å². The summed E-state index contributed by atoms with van der Waals surface area (Å²) in [6, 6.07) is 1.48. The van der Waals surface area contributed by atoms with Gasteiger partial charge in [0.2, 0.25) is 29.5 Å². The minimum atomic E-state index is -1.66. The van der Waals surface area contributed by atoms with Crippen LogP contribution < -0.4 is 44.2 Å². The number of hydrogen-bond acceptors (Lipinski definition) is 9. The number of benzene rings is 1. The van der Waals surface area contributed by atoms with Gasteiger partial charge in [-0.3, -0.25) is 33.8 Å². The number of carbonyl (C=O) groups is 7. The Bertz CT molecular complexity index is 1270. The molecule has 0 spiro atoms. The number of amides is 5. The fourth-order valence-electron chi connectivity index (χ4n) is 4.11. The molecule has 5 atom stereocenters. The number of carboxylic acids is 2. The molecule has 0 fully saturated rings. The molecule has 0 saturated carbocycles. The van der Waals surface area contributed by atoms with Crippen LogP contribution in [0.2, 0.25) is 0 Å². The van der Waals surface area contributed by atoms with Gasteiger partial charge in [-0.1, -0.05) is 44.2 Å². The van der Waals surface area contributed by atoms with Gasteiger partial charge < -0.3 is 54.4 Å². The summed E-state index contributed by atoms with van der Waals surface area (Å²) < 4.78 is 0. The Hall–Kier alpha value is -5.26. The number of nitrogens with two attached hydrogens (primary N) is 4. The first-order chi connectivity index (χ1) is 21.5. The van der Waals surface area contributed by atoms with Crippen LogP contribution in [0.25, 0.3) is 0 Å². The quantitative estimate of drug-likeness (QED) is 0.0376. The van der Waals surface area contributed by atoms with E-state index in [1.54, 1.807) is 44.2 Å². The molecule has 0 heterocycles. The molecular weight excluding hydrogens is 606 g/mol. The molecule has 0 aromatic heterocycles. The smallest absolute Gasteiger partial charge is 0.326 e. The number of rotatable bonds is 20. The summed E-state index contributed by atoms with van der Waals surface area (Å²) in [4.78, 5) is 90.4. The molecule has 14 N–H and O–H groups in total. The predicted molar refractivity (Wildman–Crippen MR) is 164 cm³/mol. The highest BCUT2D eigenvalue weighted by molar-refractivity contribution is 5.96. The second kappa shape index (κ2) is 19.2. The van der Waals surface area contributed by atoms with E-state index in [1.807, 2.05) is 0 Å². The number of carboxylic acid groups (broad SMARTS) is 2. The highest BCUT2D eigenvalue weighted by Crippen LogP contribution is 2.09. The molecule has 0 aliphatic heterocycles. The summed E-state index contributed by atoms with van der Waals surface area (Å²) in [5, 5.41) is 28.1. The van der Waals surface area contributed by atoms with E-state index in [1.165, 1.54) is 0 Å². The third-order valence-electron chi connectivity index (χ3n) is 6.49. The van der Waals surface area contributed by atoms with Gasteiger partial charge in [-0.2, -0.15) is 0 Å². The topological polar surface area (TPSA) is 325 Å². The Balaban J connectivity index is 3.23. The van der Waals surface area contributed by atoms with Crippen molar-refractivity contribution >= 4 is 47.4 Å². The Morgan fingerprint density at radius 1 is 0.761 bits per heavy atom. The monoisotopic (exact) mass is 649 g/mol. The Labute approximate surface area is 265 Å². The maximum Gasteiger partial charge on any atom is 0.326 e. The normalized spacial score (nSPS) is 14.0. The van der Waals surface area contributed by atoms with E-state index in [0.717, 1.165) is 0 Å². The molecule has 1 aromatic rings. The van der Waals surface area contributed by atoms with Gasteiger partial charge in [-0.25, -0.2) is 4.79 Å². The van der Waals surface area contributed by atoms with Crippen LogP contribution in [0.15, 0.2) is 35.3 Å². The van der Waals surface area contributed by atoms with E-state index in [4.69, 9.17) is 28.0 Å². The van der Waals surface area contributed by atoms with Crippen molar-refractivity contribution in [2.45, 2.75) is 76.2 Å². The van der Waals surface area contributed by atoms with Crippen molar-refractivity contribution in [3.63, 3.8) is 0 Å². The van der Waals surface area contributed by atoms with Crippen molar-refractivity contribution in [3.8, 4) is 0 Å². The first-order valence-electron chi connectivity index (χ1n) is 14.3. The fourth-order valence-corrected chi connectivity index (χ4v) is 4.11. The maximum absolute atomic E-state index is 13.5. The lowest BCUT2D eigenvalue weighted by Crippen LogP contribution is -2.60. The van der Waals surface area contributed by atoms with Gasteiger partial charge in [-0.15, -0.1) is 0 Å². The zero-order valence-electron chi connectivity index (χ0n) is 25.6. The molecule has 0 saturated heterocycles. The zero-order valence-corrected chi connectivity index (χ0v) is 25.6. The standard InChI is InChI=1S/C28H43N9O9/c1-14(2)22(37-24(42)17(9-6-10-33-28(31)32)34-23(41)16(29)12-21(39)40)26(44)35-18(11-15-7-4-3-5-8-15)25(43)36-19(27(45)46)13-20(30)38/h3-5,7-8,14,16-19,22H,6,9-13,29H2,1-2H3,(H2,30,38)(H,34,41)(H,35,44)(H,36,43)(H,37,42)(H,39,40)(H,45,46)(H4,31,32,33)/t16-,17-,18-,19-,22-/m0/s1. The molecule has 18 nitrogen and oxygen atoms in total. The number of nitrogens with one attached hydrogen (secondary N) is 4. The minimum Gasteiger partial charge on any atom is -0.481 e. The van der Waals surface area contributed by atoms with Crippen LogP contribution in [0, 0.1) is 5.92 Å². The molecule has 5 amide bonds. The van der Waals surface area contributed by atoms with Gasteiger partial charge in [-0.05, 0) is 24.3 Å². The second-order valence-electron chi connectivity index (χ2n) is 10.8. The number of aliphatic carboxylic acids is 2. The summed E-state index contributed by atoms with van der Waals surface area (Å²) in [6.07, 6.45) is -1.28. The number of hydrogen-bond donors (Lipinski definition) is 10. The number of carbonyl (C=O) groups excluding carboxylic acids is 5. The zero-order chi connectivity index (χ0) is 35.0. The first kappa shape index (κ1) is 38.8. The van der Waals surface area contributed by atoms with E-state index < -0.39 is 90.4 Å².